The van der Waals surface area contributed by atoms with Gasteiger partial charge >= 0.3 is 0 Å². The fourth-order valence-electron chi connectivity index (χ4n) is 2.77. The average Bonchev–Trinajstić information content (AvgIpc) is 2.77. The quantitative estimate of drug-likeness (QED) is 0.834. The zero-order valence-electron chi connectivity index (χ0n) is 12.3. The highest BCUT2D eigenvalue weighted by Crippen LogP contribution is 2.20. The predicted molar refractivity (Wildman–Crippen MR) is 81.3 cm³/mol. The molecule has 3 N–H and O–H groups in total. The van der Waals surface area contributed by atoms with Gasteiger partial charge in [-0.15, -0.1) is 0 Å². The monoisotopic (exact) mass is 259 g/mol. The second-order valence-corrected chi connectivity index (χ2v) is 5.55. The van der Waals surface area contributed by atoms with Crippen molar-refractivity contribution in [2.45, 2.75) is 46.5 Å². The van der Waals surface area contributed by atoms with Crippen molar-refractivity contribution in [1.29, 1.82) is 0 Å². The Morgan fingerprint density at radius 2 is 2.05 bits per heavy atom. The summed E-state index contributed by atoms with van der Waals surface area (Å²) in [7, 11) is 0. The van der Waals surface area contributed by atoms with E-state index in [1.165, 1.54) is 29.5 Å². The molecule has 1 atom stereocenters. The van der Waals surface area contributed by atoms with Gasteiger partial charge in [-0.25, -0.2) is 4.98 Å². The molecular weight excluding hydrogens is 234 g/mol. The van der Waals surface area contributed by atoms with Crippen LogP contribution in [0.1, 0.15) is 43.1 Å². The minimum absolute atomic E-state index is 0.723. The zero-order chi connectivity index (χ0) is 13.8. The average molecular weight is 259 g/mol. The molecule has 2 rings (SSSR count). The molecule has 104 valence electrons. The van der Waals surface area contributed by atoms with Crippen molar-refractivity contribution in [2.75, 3.05) is 6.54 Å². The fourth-order valence-corrected chi connectivity index (χ4v) is 2.77. The number of nitrogens with zero attached hydrogens (tertiary/aromatic N) is 1. The standard InChI is InChI=1S/C16H25N3/c1-4-13(7-8-17)5-6-15-18-14-10-11(2)9-12(3)16(14)19-15/h9-10,13H,4-8,17H2,1-3H3,(H,18,19). The first kappa shape index (κ1) is 14.1. The third kappa shape index (κ3) is 3.35. The first-order valence-electron chi connectivity index (χ1n) is 7.30. The van der Waals surface area contributed by atoms with Crippen LogP contribution in [-0.4, -0.2) is 16.5 Å². The van der Waals surface area contributed by atoms with Gasteiger partial charge in [0.15, 0.2) is 0 Å². The van der Waals surface area contributed by atoms with Crippen LogP contribution in [0.4, 0.5) is 0 Å². The molecule has 0 aliphatic rings. The summed E-state index contributed by atoms with van der Waals surface area (Å²) in [6, 6.07) is 4.37. The topological polar surface area (TPSA) is 54.7 Å². The van der Waals surface area contributed by atoms with E-state index < -0.39 is 0 Å². The number of benzene rings is 1. The number of rotatable bonds is 6. The number of aromatic nitrogens is 2. The SMILES string of the molecule is CCC(CCN)CCc1nc2c(C)cc(C)cc2[nH]1. The number of imidazole rings is 1. The molecule has 2 aromatic rings. The minimum atomic E-state index is 0.723. The van der Waals surface area contributed by atoms with Gasteiger partial charge in [0.05, 0.1) is 11.0 Å². The van der Waals surface area contributed by atoms with E-state index in [-0.39, 0.29) is 0 Å². The van der Waals surface area contributed by atoms with Crippen LogP contribution in [0, 0.1) is 19.8 Å². The second-order valence-electron chi connectivity index (χ2n) is 5.55. The summed E-state index contributed by atoms with van der Waals surface area (Å²) in [6.45, 7) is 7.29. The lowest BCUT2D eigenvalue weighted by Crippen LogP contribution is -2.09. The van der Waals surface area contributed by atoms with Crippen LogP contribution in [0.2, 0.25) is 0 Å². The molecule has 1 unspecified atom stereocenters. The summed E-state index contributed by atoms with van der Waals surface area (Å²) in [6.07, 6.45) is 4.52. The van der Waals surface area contributed by atoms with E-state index in [0.717, 1.165) is 36.6 Å². The number of aromatic amines is 1. The zero-order valence-corrected chi connectivity index (χ0v) is 12.3. The van der Waals surface area contributed by atoms with Crippen molar-refractivity contribution < 1.29 is 0 Å². The molecule has 1 aromatic carbocycles. The van der Waals surface area contributed by atoms with Gasteiger partial charge in [0.1, 0.15) is 5.82 Å². The number of nitrogens with one attached hydrogen (secondary N) is 1. The van der Waals surface area contributed by atoms with E-state index in [9.17, 15) is 0 Å². The van der Waals surface area contributed by atoms with Crippen molar-refractivity contribution in [1.82, 2.24) is 9.97 Å². The molecule has 3 nitrogen and oxygen atoms in total. The third-order valence-corrected chi connectivity index (χ3v) is 3.91. The lowest BCUT2D eigenvalue weighted by atomic mass is 9.96. The molecule has 19 heavy (non-hydrogen) atoms. The highest BCUT2D eigenvalue weighted by molar-refractivity contribution is 5.79. The Hall–Kier alpha value is -1.35. The molecule has 0 amide bonds. The second kappa shape index (κ2) is 6.20. The van der Waals surface area contributed by atoms with E-state index in [4.69, 9.17) is 10.7 Å². The Morgan fingerprint density at radius 3 is 2.74 bits per heavy atom. The van der Waals surface area contributed by atoms with Crippen LogP contribution in [0.3, 0.4) is 0 Å². The van der Waals surface area contributed by atoms with Gasteiger partial charge in [0.2, 0.25) is 0 Å². The molecule has 0 fully saturated rings. The van der Waals surface area contributed by atoms with E-state index in [2.05, 4.69) is 37.9 Å². The summed E-state index contributed by atoms with van der Waals surface area (Å²) in [5.41, 5.74) is 10.5. The van der Waals surface area contributed by atoms with E-state index in [0.29, 0.717) is 0 Å². The maximum atomic E-state index is 5.65. The first-order valence-corrected chi connectivity index (χ1v) is 7.30. The first-order chi connectivity index (χ1) is 9.13. The van der Waals surface area contributed by atoms with Gasteiger partial charge in [-0.1, -0.05) is 19.4 Å². The van der Waals surface area contributed by atoms with Gasteiger partial charge in [-0.05, 0) is 56.3 Å². The summed E-state index contributed by atoms with van der Waals surface area (Å²) >= 11 is 0. The van der Waals surface area contributed by atoms with Crippen LogP contribution in [0.5, 0.6) is 0 Å². The number of fused-ring (bicyclic) bond motifs is 1. The van der Waals surface area contributed by atoms with Crippen molar-refractivity contribution >= 4 is 11.0 Å². The Kier molecular flexibility index (Phi) is 4.59. The van der Waals surface area contributed by atoms with Crippen molar-refractivity contribution in [3.8, 4) is 0 Å². The molecule has 3 heteroatoms. The molecule has 1 aromatic heterocycles. The predicted octanol–water partition coefficient (Wildman–Crippen LogP) is 3.49. The van der Waals surface area contributed by atoms with Gasteiger partial charge in [0.25, 0.3) is 0 Å². The van der Waals surface area contributed by atoms with Crippen molar-refractivity contribution in [3.63, 3.8) is 0 Å². The van der Waals surface area contributed by atoms with Gasteiger partial charge < -0.3 is 10.7 Å². The summed E-state index contributed by atoms with van der Waals surface area (Å²) in [5.74, 6) is 1.83. The lowest BCUT2D eigenvalue weighted by Gasteiger charge is -2.11. The van der Waals surface area contributed by atoms with E-state index >= 15 is 0 Å². The van der Waals surface area contributed by atoms with Crippen LogP contribution < -0.4 is 5.73 Å². The number of H-pyrrole nitrogens is 1. The van der Waals surface area contributed by atoms with Gasteiger partial charge in [-0.2, -0.15) is 0 Å². The maximum Gasteiger partial charge on any atom is 0.107 e. The van der Waals surface area contributed by atoms with Crippen molar-refractivity contribution in [2.24, 2.45) is 11.7 Å². The Balaban J connectivity index is 2.11. The fraction of sp³-hybridized carbons (Fsp3) is 0.562. The Labute approximate surface area is 115 Å². The molecule has 0 saturated heterocycles. The maximum absolute atomic E-state index is 5.65. The molecule has 0 radical (unpaired) electrons. The molecule has 0 aliphatic carbocycles. The highest BCUT2D eigenvalue weighted by Gasteiger charge is 2.09. The molecule has 0 aliphatic heterocycles. The number of hydrogen-bond donors (Lipinski definition) is 2. The summed E-state index contributed by atoms with van der Waals surface area (Å²) in [4.78, 5) is 8.19. The molecule has 1 heterocycles. The van der Waals surface area contributed by atoms with Crippen LogP contribution in [0.25, 0.3) is 11.0 Å². The van der Waals surface area contributed by atoms with Crippen LogP contribution >= 0.6 is 0 Å². The molecule has 0 saturated carbocycles. The molecule has 0 spiro atoms. The molecular formula is C16H25N3. The van der Waals surface area contributed by atoms with Gasteiger partial charge in [0, 0.05) is 6.42 Å². The highest BCUT2D eigenvalue weighted by atomic mass is 14.9. The Morgan fingerprint density at radius 1 is 1.26 bits per heavy atom. The summed E-state index contributed by atoms with van der Waals surface area (Å²) < 4.78 is 0. The third-order valence-electron chi connectivity index (χ3n) is 3.91. The van der Waals surface area contributed by atoms with Crippen LogP contribution in [0.15, 0.2) is 12.1 Å². The molecule has 0 bridgehead atoms. The minimum Gasteiger partial charge on any atom is -0.342 e. The summed E-state index contributed by atoms with van der Waals surface area (Å²) in [5, 5.41) is 0. The van der Waals surface area contributed by atoms with Crippen LogP contribution in [-0.2, 0) is 6.42 Å². The Bertz CT molecular complexity index is 542. The van der Waals surface area contributed by atoms with Gasteiger partial charge in [-0.3, -0.25) is 0 Å². The van der Waals surface area contributed by atoms with Crippen molar-refractivity contribution in [3.05, 3.63) is 29.1 Å². The number of nitrogens with two attached hydrogens (primary N) is 1. The lowest BCUT2D eigenvalue weighted by molar-refractivity contribution is 0.440. The number of hydrogen-bond acceptors (Lipinski definition) is 2. The normalized spacial score (nSPS) is 13.1. The smallest absolute Gasteiger partial charge is 0.107 e. The van der Waals surface area contributed by atoms with E-state index in [1.54, 1.807) is 0 Å². The number of aryl methyl sites for hydroxylation is 3. The van der Waals surface area contributed by atoms with E-state index in [1.807, 2.05) is 0 Å². The largest absolute Gasteiger partial charge is 0.342 e.